The van der Waals surface area contributed by atoms with Crippen LogP contribution in [-0.4, -0.2) is 186 Å². The smallest absolute Gasteiger partial charge is 0.326 e. The first-order chi connectivity index (χ1) is 46.2. The Labute approximate surface area is 568 Å². The summed E-state index contributed by atoms with van der Waals surface area (Å²) in [6.45, 7) is 14.5. The zero-order valence-electron chi connectivity index (χ0n) is 57.3. The van der Waals surface area contributed by atoms with Gasteiger partial charge in [-0.15, -0.1) is 0 Å². The molecular formula is C67H96N14O17. The number of carboxylic acid groups (broad SMARTS) is 2. The number of benzene rings is 4. The zero-order chi connectivity index (χ0) is 73.2. The second kappa shape index (κ2) is 38.6. The van der Waals surface area contributed by atoms with Gasteiger partial charge in [0.25, 0.3) is 0 Å². The number of unbranched alkanes of at least 4 members (excludes halogenated alkanes) is 1. The average Bonchev–Trinajstić information content (AvgIpc) is 0.743. The minimum atomic E-state index is -1.81. The molecule has 31 heteroatoms. The van der Waals surface area contributed by atoms with E-state index in [1.807, 2.05) is 6.07 Å². The lowest BCUT2D eigenvalue weighted by atomic mass is 9.90. The molecule has 0 heterocycles. The molecule has 4 rings (SSSR count). The number of aliphatic carboxylic acids is 2. The molecule has 13 amide bonds. The molecule has 98 heavy (non-hydrogen) atoms. The van der Waals surface area contributed by atoms with E-state index in [1.165, 1.54) is 45.4 Å². The van der Waals surface area contributed by atoms with Gasteiger partial charge in [-0.1, -0.05) is 103 Å². The normalized spacial score (nSPS) is 14.6. The van der Waals surface area contributed by atoms with Gasteiger partial charge in [-0.2, -0.15) is 0 Å². The number of hydrogen-bond donors (Lipinski definition) is 16. The summed E-state index contributed by atoms with van der Waals surface area (Å²) < 4.78 is 0. The molecule has 0 bridgehead atoms. The maximum absolute atomic E-state index is 14.0. The Kier molecular flexibility index (Phi) is 31.7. The van der Waals surface area contributed by atoms with Crippen LogP contribution in [0, 0.1) is 17.8 Å². The zero-order valence-corrected chi connectivity index (χ0v) is 57.3. The number of nitrogens with one attached hydrogen (secondary N) is 13. The Balaban J connectivity index is 1.19. The van der Waals surface area contributed by atoms with Crippen molar-refractivity contribution in [3.63, 3.8) is 0 Å². The molecule has 0 unspecified atom stereocenters. The Morgan fingerprint density at radius 3 is 1.39 bits per heavy atom. The van der Waals surface area contributed by atoms with Crippen LogP contribution in [0.5, 0.6) is 0 Å². The van der Waals surface area contributed by atoms with Crippen molar-refractivity contribution in [2.24, 2.45) is 23.5 Å². The molecule has 11 atom stereocenters. The van der Waals surface area contributed by atoms with Crippen molar-refractivity contribution in [2.45, 2.75) is 188 Å². The van der Waals surface area contributed by atoms with E-state index in [1.54, 1.807) is 41.5 Å². The summed E-state index contributed by atoms with van der Waals surface area (Å²) in [5.41, 5.74) is 6.80. The van der Waals surface area contributed by atoms with Gasteiger partial charge in [-0.05, 0) is 129 Å². The molecule has 4 aromatic rings. The van der Waals surface area contributed by atoms with Crippen molar-refractivity contribution in [3.8, 4) is 0 Å². The van der Waals surface area contributed by atoms with Gasteiger partial charge in [0, 0.05) is 6.42 Å². The molecule has 31 nitrogen and oxygen atoms in total. The molecule has 536 valence electrons. The van der Waals surface area contributed by atoms with Crippen LogP contribution >= 0.6 is 0 Å². The first-order valence-corrected chi connectivity index (χ1v) is 32.8. The molecule has 17 N–H and O–H groups in total. The van der Waals surface area contributed by atoms with Crippen molar-refractivity contribution in [1.29, 1.82) is 0 Å². The number of nitrogens with two attached hydrogens (primary N) is 1. The second-order valence-corrected chi connectivity index (χ2v) is 25.2. The standard InChI is InChI=1S/C67H96N14O17/c1-12-35(6)57(66(96)78-46(20-13-14-28-68)63(93)79-55(33(2)3)65(95)76-40(11)62(92)80-56(34(4)5)67(97)98)81-64(94)47(29-52(86)87)77-51(85)32-70-49(83)30-69-50(84)31-71-58(88)36(7)73-60(90)38(9)75-61(91)39(10)74-59(89)37(8)72-48(82)21-16-17-41-22-23-44-25-24-42-18-15-19-43-26-27-45(41)54(44)53(42)43/h15,18-19,22-27,33-40,46-47,55-57H,12-14,16-17,20-21,28-32,68H2,1-11H3,(H,69,84)(H,70,83)(H,71,88)(H,72,82)(H,73,90)(H,74,89)(H,75,91)(H,76,95)(H,77,85)(H,78,96)(H,79,93)(H,80,92)(H,81,94)(H,86,87)(H,97,98)/t35-,36-,37-,38-,39-,40-,46-,47-,55-,56-,57-/m0/s1. The number of rotatable bonds is 40. The van der Waals surface area contributed by atoms with Gasteiger partial charge in [0.1, 0.15) is 60.4 Å². The lowest BCUT2D eigenvalue weighted by Gasteiger charge is -2.29. The van der Waals surface area contributed by atoms with Crippen molar-refractivity contribution < 1.29 is 82.1 Å². The number of carbonyl (C=O) groups excluding carboxylic acids is 13. The van der Waals surface area contributed by atoms with Gasteiger partial charge in [-0.25, -0.2) is 4.79 Å². The van der Waals surface area contributed by atoms with E-state index in [2.05, 4.69) is 118 Å². The van der Waals surface area contributed by atoms with Crippen molar-refractivity contribution in [3.05, 3.63) is 60.2 Å². The maximum Gasteiger partial charge on any atom is 0.326 e. The second-order valence-electron chi connectivity index (χ2n) is 25.2. The van der Waals surface area contributed by atoms with Crippen LogP contribution in [0.15, 0.2) is 54.6 Å². The molecule has 0 spiro atoms. The van der Waals surface area contributed by atoms with Gasteiger partial charge >= 0.3 is 11.9 Å². The fourth-order valence-corrected chi connectivity index (χ4v) is 10.4. The molecule has 0 saturated carbocycles. The molecule has 0 aromatic heterocycles. The van der Waals surface area contributed by atoms with Crippen LogP contribution in [0.4, 0.5) is 0 Å². The Bertz CT molecular complexity index is 3530. The molecule has 0 saturated heterocycles. The maximum atomic E-state index is 14.0. The molecule has 0 fully saturated rings. The summed E-state index contributed by atoms with van der Waals surface area (Å²) >= 11 is 0. The van der Waals surface area contributed by atoms with Gasteiger partial charge < -0.3 is 85.1 Å². The third-order valence-corrected chi connectivity index (χ3v) is 16.4. The minimum Gasteiger partial charge on any atom is -0.481 e. The summed E-state index contributed by atoms with van der Waals surface area (Å²) in [5, 5.41) is 57.6. The van der Waals surface area contributed by atoms with Crippen LogP contribution in [0.3, 0.4) is 0 Å². The van der Waals surface area contributed by atoms with E-state index in [9.17, 15) is 82.1 Å². The number of amides is 13. The third kappa shape index (κ3) is 24.5. The predicted molar refractivity (Wildman–Crippen MR) is 362 cm³/mol. The summed E-state index contributed by atoms with van der Waals surface area (Å²) in [6.07, 6.45) is 1.33. The fraction of sp³-hybridized carbons (Fsp3) is 0.537. The van der Waals surface area contributed by atoms with E-state index in [-0.39, 0.29) is 31.7 Å². The number of carbonyl (C=O) groups is 15. The highest BCUT2D eigenvalue weighted by Crippen LogP contribution is 2.36. The van der Waals surface area contributed by atoms with E-state index < -0.39 is 187 Å². The Morgan fingerprint density at radius 2 is 0.857 bits per heavy atom. The Morgan fingerprint density at radius 1 is 0.408 bits per heavy atom. The van der Waals surface area contributed by atoms with Crippen LogP contribution in [0.2, 0.25) is 0 Å². The lowest BCUT2D eigenvalue weighted by Crippen LogP contribution is -2.61. The quantitative estimate of drug-likeness (QED) is 0.0192. The summed E-state index contributed by atoms with van der Waals surface area (Å²) in [6, 6.07) is 5.91. The molecule has 0 aliphatic rings. The SMILES string of the molecule is CC[C@H](C)[C@H](NC(=O)[C@H](CC(=O)O)NC(=O)CNC(=O)CNC(=O)CNC(=O)[C@H](C)NC(=O)[C@H](C)NC(=O)[C@H](C)NC(=O)[C@H](C)NC(=O)CCCc1ccc2ccc3cccc4ccc1c2c34)C(=O)N[C@@H](CCCCN)C(=O)N[C@H](C(=O)N[C@@H](C)C(=O)N[C@H](C(=O)O)C(C)C)C(C)C. The number of hydrogen-bond acceptors (Lipinski definition) is 16. The average molecular weight is 1370 g/mol. The molecule has 0 radical (unpaired) electrons. The van der Waals surface area contributed by atoms with E-state index >= 15 is 0 Å². The summed E-state index contributed by atoms with van der Waals surface area (Å²) in [7, 11) is 0. The van der Waals surface area contributed by atoms with Crippen LogP contribution in [0.25, 0.3) is 32.3 Å². The highest BCUT2D eigenvalue weighted by molar-refractivity contribution is 6.23. The first-order valence-electron chi connectivity index (χ1n) is 32.8. The molecule has 4 aromatic carbocycles. The topological polar surface area (TPSA) is 479 Å². The minimum absolute atomic E-state index is 0.00835. The van der Waals surface area contributed by atoms with Gasteiger partial charge in [0.2, 0.25) is 76.8 Å². The van der Waals surface area contributed by atoms with Crippen LogP contribution < -0.4 is 74.9 Å². The largest absolute Gasteiger partial charge is 0.481 e. The highest BCUT2D eigenvalue weighted by atomic mass is 16.4. The summed E-state index contributed by atoms with van der Waals surface area (Å²) in [5.74, 6) is -15.2. The molecular weight excluding hydrogens is 1270 g/mol. The van der Waals surface area contributed by atoms with E-state index in [0.717, 1.165) is 27.1 Å². The van der Waals surface area contributed by atoms with Crippen molar-refractivity contribution in [1.82, 2.24) is 69.1 Å². The number of aryl methyl sites for hydroxylation is 1. The van der Waals surface area contributed by atoms with E-state index in [4.69, 9.17) is 5.73 Å². The molecule has 0 aliphatic heterocycles. The monoisotopic (exact) mass is 1370 g/mol. The first kappa shape index (κ1) is 80.4. The highest BCUT2D eigenvalue weighted by Gasteiger charge is 2.36. The number of carboxylic acids is 2. The predicted octanol–water partition coefficient (Wildman–Crippen LogP) is -0.751. The van der Waals surface area contributed by atoms with E-state index in [0.29, 0.717) is 25.7 Å². The van der Waals surface area contributed by atoms with Gasteiger partial charge in [0.05, 0.1) is 26.1 Å². The van der Waals surface area contributed by atoms with Gasteiger partial charge in [0.15, 0.2) is 0 Å². The third-order valence-electron chi connectivity index (χ3n) is 16.4. The summed E-state index contributed by atoms with van der Waals surface area (Å²) in [4.78, 5) is 195. The fourth-order valence-electron chi connectivity index (χ4n) is 10.4. The van der Waals surface area contributed by atoms with Gasteiger partial charge in [-0.3, -0.25) is 67.1 Å². The van der Waals surface area contributed by atoms with Crippen molar-refractivity contribution >= 4 is 121 Å². The van der Waals surface area contributed by atoms with Crippen LogP contribution in [0.1, 0.15) is 127 Å². The van der Waals surface area contributed by atoms with Crippen molar-refractivity contribution in [2.75, 3.05) is 26.2 Å². The van der Waals surface area contributed by atoms with Crippen LogP contribution in [-0.2, 0) is 78.3 Å². The molecule has 0 aliphatic carbocycles. The lowest BCUT2D eigenvalue weighted by molar-refractivity contribution is -0.143. The Hall–Kier alpha value is -10.1.